The molecule has 0 aliphatic heterocycles. The van der Waals surface area contributed by atoms with Crippen LogP contribution in [0.2, 0.25) is 0 Å². The molecule has 2 heterocycles. The zero-order valence-corrected chi connectivity index (χ0v) is 19.2. The van der Waals surface area contributed by atoms with Gasteiger partial charge in [-0.25, -0.2) is 13.4 Å². The maximum absolute atomic E-state index is 13.1. The summed E-state index contributed by atoms with van der Waals surface area (Å²) in [7, 11) is -3.85. The van der Waals surface area contributed by atoms with Gasteiger partial charge in [0.25, 0.3) is 10.0 Å². The quantitative estimate of drug-likeness (QED) is 0.350. The van der Waals surface area contributed by atoms with E-state index in [0.717, 1.165) is 10.9 Å². The number of carbonyl (C=O) groups is 1. The number of fused-ring (bicyclic) bond motifs is 2. The Hall–Kier alpha value is -3.69. The summed E-state index contributed by atoms with van der Waals surface area (Å²) in [6.07, 6.45) is 3.43. The highest BCUT2D eigenvalue weighted by Crippen LogP contribution is 2.31. The summed E-state index contributed by atoms with van der Waals surface area (Å²) in [6, 6.07) is 19.6. The Morgan fingerprint density at radius 3 is 2.61 bits per heavy atom. The Morgan fingerprint density at radius 1 is 1.00 bits per heavy atom. The van der Waals surface area contributed by atoms with Crippen molar-refractivity contribution >= 4 is 59.8 Å². The van der Waals surface area contributed by atoms with Crippen LogP contribution < -0.4 is 10.0 Å². The molecule has 1 atom stereocenters. The number of rotatable bonds is 6. The number of para-hydroxylation sites is 1. The zero-order chi connectivity index (χ0) is 23.0. The van der Waals surface area contributed by atoms with E-state index >= 15 is 0 Å². The number of amides is 1. The molecule has 0 bridgehead atoms. The number of anilines is 2. The molecule has 1 unspecified atom stereocenters. The number of nitrogens with one attached hydrogen (secondary N) is 2. The van der Waals surface area contributed by atoms with Gasteiger partial charge in [-0.3, -0.25) is 9.52 Å². The Morgan fingerprint density at radius 2 is 1.79 bits per heavy atom. The highest BCUT2D eigenvalue weighted by atomic mass is 32.2. The Kier molecular flexibility index (Phi) is 5.35. The fourth-order valence-electron chi connectivity index (χ4n) is 3.87. The second-order valence-corrected chi connectivity index (χ2v) is 10.1. The van der Waals surface area contributed by atoms with Crippen LogP contribution in [0.1, 0.15) is 13.0 Å². The lowest BCUT2D eigenvalue weighted by Crippen LogP contribution is -2.23. The number of hydrogen-bond donors (Lipinski definition) is 2. The number of hydrogen-bond acceptors (Lipinski definition) is 5. The van der Waals surface area contributed by atoms with E-state index in [1.165, 1.54) is 17.5 Å². The largest absolute Gasteiger partial charge is 0.335 e. The Balaban J connectivity index is 1.48. The first-order valence-corrected chi connectivity index (χ1v) is 12.6. The molecule has 0 fully saturated rings. The summed E-state index contributed by atoms with van der Waals surface area (Å²) in [4.78, 5) is 17.2. The van der Waals surface area contributed by atoms with Gasteiger partial charge in [-0.2, -0.15) is 0 Å². The molecule has 0 saturated heterocycles. The minimum absolute atomic E-state index is 0.121. The van der Waals surface area contributed by atoms with Gasteiger partial charge in [0.05, 0.1) is 4.90 Å². The maximum Gasteiger partial charge on any atom is 0.264 e. The van der Waals surface area contributed by atoms with Crippen molar-refractivity contribution in [2.24, 2.45) is 0 Å². The molecule has 0 radical (unpaired) electrons. The molecule has 3 aromatic carbocycles. The molecule has 0 aliphatic carbocycles. The van der Waals surface area contributed by atoms with Crippen molar-refractivity contribution in [2.45, 2.75) is 17.9 Å². The first kappa shape index (κ1) is 21.2. The smallest absolute Gasteiger partial charge is 0.264 e. The van der Waals surface area contributed by atoms with E-state index in [1.807, 2.05) is 48.0 Å². The van der Waals surface area contributed by atoms with Crippen molar-refractivity contribution < 1.29 is 13.2 Å². The fourth-order valence-corrected chi connectivity index (χ4v) is 5.89. The maximum atomic E-state index is 13.1. The summed E-state index contributed by atoms with van der Waals surface area (Å²) in [6.45, 7) is 1.83. The van der Waals surface area contributed by atoms with Gasteiger partial charge in [-0.15, -0.1) is 11.3 Å². The van der Waals surface area contributed by atoms with Gasteiger partial charge in [0.15, 0.2) is 5.13 Å². The van der Waals surface area contributed by atoms with Crippen molar-refractivity contribution in [2.75, 3.05) is 10.0 Å². The highest BCUT2D eigenvalue weighted by molar-refractivity contribution is 7.93. The predicted octanol–water partition coefficient (Wildman–Crippen LogP) is 5.25. The minimum Gasteiger partial charge on any atom is -0.335 e. The number of benzene rings is 3. The SMILES string of the molecule is CC(C(=O)Nc1cccc2c(S(=O)(=O)Nc3nccs3)cccc12)n1ccc2ccccc21. The lowest BCUT2D eigenvalue weighted by molar-refractivity contribution is -0.118. The molecule has 2 aromatic heterocycles. The second-order valence-electron chi connectivity index (χ2n) is 7.55. The van der Waals surface area contributed by atoms with E-state index in [4.69, 9.17) is 0 Å². The molecule has 33 heavy (non-hydrogen) atoms. The lowest BCUT2D eigenvalue weighted by atomic mass is 10.1. The van der Waals surface area contributed by atoms with Crippen molar-refractivity contribution in [1.82, 2.24) is 9.55 Å². The van der Waals surface area contributed by atoms with Crippen molar-refractivity contribution in [3.63, 3.8) is 0 Å². The van der Waals surface area contributed by atoms with Crippen molar-refractivity contribution in [3.8, 4) is 0 Å². The summed E-state index contributed by atoms with van der Waals surface area (Å²) in [5.41, 5.74) is 1.52. The molecule has 7 nitrogen and oxygen atoms in total. The third-order valence-electron chi connectivity index (χ3n) is 5.51. The molecule has 0 spiro atoms. The van der Waals surface area contributed by atoms with Crippen LogP contribution in [0.5, 0.6) is 0 Å². The van der Waals surface area contributed by atoms with Gasteiger partial charge in [-0.05, 0) is 36.6 Å². The molecule has 5 rings (SSSR count). The van der Waals surface area contributed by atoms with Crippen LogP contribution in [0.25, 0.3) is 21.7 Å². The van der Waals surface area contributed by atoms with E-state index in [0.29, 0.717) is 21.6 Å². The summed E-state index contributed by atoms with van der Waals surface area (Å²) < 4.78 is 30.4. The first-order valence-electron chi connectivity index (χ1n) is 10.2. The van der Waals surface area contributed by atoms with Gasteiger partial charge >= 0.3 is 0 Å². The van der Waals surface area contributed by atoms with Crippen LogP contribution in [0.15, 0.2) is 89.4 Å². The molecular weight excluding hydrogens is 456 g/mol. The number of aromatic nitrogens is 2. The van der Waals surface area contributed by atoms with E-state index < -0.39 is 16.1 Å². The van der Waals surface area contributed by atoms with Crippen LogP contribution >= 0.6 is 11.3 Å². The Bertz CT molecular complexity index is 1570. The normalized spacial score (nSPS) is 12.6. The average molecular weight is 477 g/mol. The second kappa shape index (κ2) is 8.34. The topological polar surface area (TPSA) is 93.1 Å². The van der Waals surface area contributed by atoms with Gasteiger partial charge in [-0.1, -0.05) is 42.5 Å². The van der Waals surface area contributed by atoms with E-state index in [-0.39, 0.29) is 10.8 Å². The lowest BCUT2D eigenvalue weighted by Gasteiger charge is -2.17. The van der Waals surface area contributed by atoms with E-state index in [2.05, 4.69) is 15.0 Å². The number of carbonyl (C=O) groups excluding carboxylic acids is 1. The predicted molar refractivity (Wildman–Crippen MR) is 132 cm³/mol. The molecule has 1 amide bonds. The molecule has 0 aliphatic rings. The Labute approximate surface area is 194 Å². The highest BCUT2D eigenvalue weighted by Gasteiger charge is 2.21. The van der Waals surface area contributed by atoms with E-state index in [1.54, 1.807) is 41.8 Å². The molecule has 0 saturated carbocycles. The monoisotopic (exact) mass is 476 g/mol. The molecule has 9 heteroatoms. The van der Waals surface area contributed by atoms with Gasteiger partial charge in [0.1, 0.15) is 6.04 Å². The van der Waals surface area contributed by atoms with Crippen LogP contribution in [0, 0.1) is 0 Å². The van der Waals surface area contributed by atoms with E-state index in [9.17, 15) is 13.2 Å². The van der Waals surface area contributed by atoms with Crippen LogP contribution in [0.4, 0.5) is 10.8 Å². The van der Waals surface area contributed by atoms with Crippen LogP contribution in [-0.2, 0) is 14.8 Å². The third-order valence-corrected chi connectivity index (χ3v) is 7.72. The molecule has 5 aromatic rings. The minimum atomic E-state index is -3.85. The van der Waals surface area contributed by atoms with Crippen molar-refractivity contribution in [3.05, 3.63) is 84.5 Å². The third kappa shape index (κ3) is 3.96. The number of sulfonamides is 1. The average Bonchev–Trinajstić information content (AvgIpc) is 3.48. The molecule has 2 N–H and O–H groups in total. The molecular formula is C24H20N4O3S2. The summed E-state index contributed by atoms with van der Waals surface area (Å²) >= 11 is 1.20. The number of thiazole rings is 1. The standard InChI is InChI=1S/C24H20N4O3S2/c1-16(28-14-12-17-6-2-3-10-21(17)28)23(29)26-20-9-4-8-19-18(20)7-5-11-22(19)33(30,31)27-24-25-13-15-32-24/h2-16H,1H3,(H,25,27)(H,26,29). The van der Waals surface area contributed by atoms with Gasteiger partial charge in [0, 0.05) is 39.8 Å². The van der Waals surface area contributed by atoms with Crippen LogP contribution in [-0.4, -0.2) is 23.9 Å². The zero-order valence-electron chi connectivity index (χ0n) is 17.6. The van der Waals surface area contributed by atoms with Gasteiger partial charge in [0.2, 0.25) is 5.91 Å². The summed E-state index contributed by atoms with van der Waals surface area (Å²) in [5, 5.41) is 7.18. The molecule has 166 valence electrons. The van der Waals surface area contributed by atoms with Crippen molar-refractivity contribution in [1.29, 1.82) is 0 Å². The fraction of sp³-hybridized carbons (Fsp3) is 0.0833. The summed E-state index contributed by atoms with van der Waals surface area (Å²) in [5.74, 6) is -0.196. The number of nitrogens with zero attached hydrogens (tertiary/aromatic N) is 2. The van der Waals surface area contributed by atoms with Crippen LogP contribution in [0.3, 0.4) is 0 Å². The van der Waals surface area contributed by atoms with Gasteiger partial charge < -0.3 is 9.88 Å². The first-order chi connectivity index (χ1) is 15.9.